The van der Waals surface area contributed by atoms with Gasteiger partial charge in [-0.05, 0) is 120 Å². The maximum Gasteiger partial charge on any atom is 0.160 e. The summed E-state index contributed by atoms with van der Waals surface area (Å²) in [5.41, 5.74) is 12.8. The Morgan fingerprint density at radius 2 is 1.73 bits per heavy atom. The van der Waals surface area contributed by atoms with E-state index in [1.807, 2.05) is 36.4 Å². The molecule has 4 aliphatic rings. The lowest BCUT2D eigenvalue weighted by molar-refractivity contribution is -0.113. The molecule has 2 aromatic carbocycles. The molecule has 4 saturated carbocycles. The van der Waals surface area contributed by atoms with E-state index in [0.717, 1.165) is 46.6 Å². The topological polar surface area (TPSA) is 59.2 Å². The van der Waals surface area contributed by atoms with Gasteiger partial charge < -0.3 is 10.6 Å². The van der Waals surface area contributed by atoms with Crippen LogP contribution in [-0.2, 0) is 17.8 Å². The Labute approximate surface area is 220 Å². The number of rotatable bonds is 9. The molecule has 2 N–H and O–H groups in total. The summed E-state index contributed by atoms with van der Waals surface area (Å²) in [4.78, 5) is 19.3. The van der Waals surface area contributed by atoms with Gasteiger partial charge in [-0.1, -0.05) is 36.4 Å². The molecule has 190 valence electrons. The first-order valence-electron chi connectivity index (χ1n) is 13.7. The van der Waals surface area contributed by atoms with Gasteiger partial charge in [0, 0.05) is 37.6 Å². The first-order valence-corrected chi connectivity index (χ1v) is 13.7. The number of carbonyl (C=O) groups excluding carboxylic acids is 1. The Kier molecular flexibility index (Phi) is 6.46. The lowest BCUT2D eigenvalue weighted by Crippen LogP contribution is -2.36. The first-order chi connectivity index (χ1) is 18.0. The number of nitrogens with zero attached hydrogens (tertiary/aromatic N) is 2. The minimum Gasteiger partial charge on any atom is -0.398 e. The number of nitrogen functional groups attached to an aromatic ring is 1. The molecule has 4 aliphatic carbocycles. The van der Waals surface area contributed by atoms with Crippen LogP contribution >= 0.6 is 0 Å². The van der Waals surface area contributed by atoms with Crippen LogP contribution in [0.3, 0.4) is 0 Å². The van der Waals surface area contributed by atoms with E-state index in [-0.39, 0.29) is 12.2 Å². The van der Waals surface area contributed by atoms with Crippen molar-refractivity contribution in [1.29, 1.82) is 0 Å². The predicted octanol–water partition coefficient (Wildman–Crippen LogP) is 6.41. The highest BCUT2D eigenvalue weighted by Gasteiger charge is 2.57. The van der Waals surface area contributed by atoms with E-state index in [2.05, 4.69) is 41.2 Å². The van der Waals surface area contributed by atoms with Gasteiger partial charge in [-0.15, -0.1) is 0 Å². The molecule has 0 saturated heterocycles. The van der Waals surface area contributed by atoms with Crippen molar-refractivity contribution in [3.63, 3.8) is 0 Å². The van der Waals surface area contributed by atoms with Crippen molar-refractivity contribution in [1.82, 2.24) is 9.88 Å². The zero-order valence-electron chi connectivity index (χ0n) is 21.8. The van der Waals surface area contributed by atoms with E-state index in [1.54, 1.807) is 18.5 Å². The Morgan fingerprint density at radius 3 is 2.46 bits per heavy atom. The Balaban J connectivity index is 1.04. The van der Waals surface area contributed by atoms with Crippen molar-refractivity contribution in [3.8, 4) is 11.1 Å². The van der Waals surface area contributed by atoms with Gasteiger partial charge in [0.05, 0.1) is 0 Å². The molecule has 0 aliphatic heterocycles. The second-order valence-corrected chi connectivity index (χ2v) is 11.9. The van der Waals surface area contributed by atoms with Gasteiger partial charge in [0.2, 0.25) is 0 Å². The van der Waals surface area contributed by atoms with Crippen LogP contribution in [0.4, 0.5) is 5.69 Å². The summed E-state index contributed by atoms with van der Waals surface area (Å²) in [6.45, 7) is 2.23. The highest BCUT2D eigenvalue weighted by Crippen LogP contribution is 2.65. The molecule has 4 nitrogen and oxygen atoms in total. The predicted molar refractivity (Wildman–Crippen MR) is 151 cm³/mol. The van der Waals surface area contributed by atoms with Gasteiger partial charge in [-0.25, -0.2) is 0 Å². The minimum atomic E-state index is 0.0439. The fourth-order valence-corrected chi connectivity index (χ4v) is 7.78. The summed E-state index contributed by atoms with van der Waals surface area (Å²) in [5.74, 6) is 3.06. The fourth-order valence-electron chi connectivity index (χ4n) is 7.78. The molecule has 0 spiro atoms. The van der Waals surface area contributed by atoms with E-state index in [1.165, 1.54) is 44.2 Å². The molecule has 4 fully saturated rings. The van der Waals surface area contributed by atoms with Gasteiger partial charge in [0.25, 0.3) is 0 Å². The van der Waals surface area contributed by atoms with Gasteiger partial charge in [0.15, 0.2) is 5.78 Å². The lowest BCUT2D eigenvalue weighted by atomic mass is 9.75. The van der Waals surface area contributed by atoms with Gasteiger partial charge in [0.1, 0.15) is 0 Å². The van der Waals surface area contributed by atoms with Crippen molar-refractivity contribution < 1.29 is 4.79 Å². The molecular weight excluding hydrogens is 454 g/mol. The minimum absolute atomic E-state index is 0.0439. The Hall–Kier alpha value is -3.24. The van der Waals surface area contributed by atoms with E-state index < -0.39 is 0 Å². The van der Waals surface area contributed by atoms with E-state index in [0.29, 0.717) is 11.1 Å². The zero-order valence-corrected chi connectivity index (χ0v) is 21.8. The maximum absolute atomic E-state index is 12.7. The summed E-state index contributed by atoms with van der Waals surface area (Å²) in [6.07, 6.45) is 14.8. The van der Waals surface area contributed by atoms with Crippen molar-refractivity contribution in [2.75, 3.05) is 19.3 Å². The highest BCUT2D eigenvalue weighted by molar-refractivity contribution is 5.96. The number of carbonyl (C=O) groups is 1. The molecule has 0 amide bonds. The average molecular weight is 492 g/mol. The molecule has 2 atom stereocenters. The smallest absolute Gasteiger partial charge is 0.160 e. The van der Waals surface area contributed by atoms with Gasteiger partial charge in [-0.2, -0.15) is 0 Å². The molecule has 7 rings (SSSR count). The number of hydrogen-bond donors (Lipinski definition) is 1. The van der Waals surface area contributed by atoms with Crippen LogP contribution in [-0.4, -0.2) is 29.3 Å². The van der Waals surface area contributed by atoms with Crippen LogP contribution in [0, 0.1) is 23.2 Å². The lowest BCUT2D eigenvalue weighted by Gasteiger charge is -2.36. The quantitative estimate of drug-likeness (QED) is 0.277. The van der Waals surface area contributed by atoms with Crippen LogP contribution in [0.15, 0.2) is 73.1 Å². The standard InChI is InChI=1S/C33H37N3O/c1-36(22-33-19-25-14-26(20-33)16-30(33)15-25)21-24-4-2-23(3-5-24)6-8-31(37)18-29-17-28(7-9-32(29)34)27-10-12-35-13-11-27/h2-13,17,25-26,30H,14-16,18-22,34H2,1H3/b8-6+. The number of nitrogens with two attached hydrogens (primary N) is 1. The average Bonchev–Trinajstić information content (AvgIpc) is 3.27. The molecule has 1 aromatic heterocycles. The zero-order chi connectivity index (χ0) is 25.4. The third kappa shape index (κ3) is 5.13. The SMILES string of the molecule is CN(Cc1ccc(/C=C/C(=O)Cc2cc(-c3ccncc3)ccc2N)cc1)CC12CC3CC(CC1C3)C2. The number of allylic oxidation sites excluding steroid dienone is 1. The molecule has 0 radical (unpaired) electrons. The monoisotopic (exact) mass is 491 g/mol. The summed E-state index contributed by atoms with van der Waals surface area (Å²) in [5, 5.41) is 0. The maximum atomic E-state index is 12.7. The van der Waals surface area contributed by atoms with Crippen LogP contribution < -0.4 is 5.73 Å². The summed E-state index contributed by atoms with van der Waals surface area (Å²) in [6, 6.07) is 18.4. The fraction of sp³-hybridized carbons (Fsp3) is 0.394. The van der Waals surface area contributed by atoms with E-state index in [9.17, 15) is 4.79 Å². The summed E-state index contributed by atoms with van der Waals surface area (Å²) < 4.78 is 0. The molecule has 1 heterocycles. The second kappa shape index (κ2) is 9.90. The number of aromatic nitrogens is 1. The first kappa shape index (κ1) is 24.1. The molecule has 4 heteroatoms. The van der Waals surface area contributed by atoms with Gasteiger partial charge >= 0.3 is 0 Å². The Morgan fingerprint density at radius 1 is 1.00 bits per heavy atom. The third-order valence-electron chi connectivity index (χ3n) is 9.16. The van der Waals surface area contributed by atoms with Crippen LogP contribution in [0.25, 0.3) is 17.2 Å². The van der Waals surface area contributed by atoms with E-state index in [4.69, 9.17) is 5.73 Å². The number of pyridine rings is 1. The molecule has 3 aromatic rings. The van der Waals surface area contributed by atoms with Crippen molar-refractivity contribution in [3.05, 3.63) is 89.8 Å². The Bertz CT molecular complexity index is 1280. The van der Waals surface area contributed by atoms with Crippen LogP contribution in [0.1, 0.15) is 48.8 Å². The molecule has 2 unspecified atom stereocenters. The number of hydrogen-bond acceptors (Lipinski definition) is 4. The van der Waals surface area contributed by atoms with Crippen molar-refractivity contribution >= 4 is 17.5 Å². The second-order valence-electron chi connectivity index (χ2n) is 11.9. The number of anilines is 1. The number of benzene rings is 2. The van der Waals surface area contributed by atoms with Gasteiger partial charge in [-0.3, -0.25) is 9.78 Å². The van der Waals surface area contributed by atoms with Crippen LogP contribution in [0.5, 0.6) is 0 Å². The van der Waals surface area contributed by atoms with Crippen molar-refractivity contribution in [2.24, 2.45) is 23.2 Å². The van der Waals surface area contributed by atoms with Crippen molar-refractivity contribution in [2.45, 2.75) is 45.1 Å². The normalized spacial score (nSPS) is 25.9. The number of ketones is 1. The third-order valence-corrected chi connectivity index (χ3v) is 9.16. The molecule has 4 bridgehead atoms. The molecular formula is C33H37N3O. The largest absolute Gasteiger partial charge is 0.398 e. The molecule has 37 heavy (non-hydrogen) atoms. The van der Waals surface area contributed by atoms with E-state index >= 15 is 0 Å². The summed E-state index contributed by atoms with van der Waals surface area (Å²) in [7, 11) is 2.29. The summed E-state index contributed by atoms with van der Waals surface area (Å²) >= 11 is 0. The highest BCUT2D eigenvalue weighted by atomic mass is 16.1. The van der Waals surface area contributed by atoms with Crippen LogP contribution in [0.2, 0.25) is 0 Å².